The van der Waals surface area contributed by atoms with E-state index < -0.39 is 38.3 Å². The molecule has 0 aromatic rings. The Morgan fingerprint density at radius 3 is 2.33 bits per heavy atom. The van der Waals surface area contributed by atoms with Crippen molar-refractivity contribution in [3.63, 3.8) is 0 Å². The number of phosphoric acid groups is 1. The summed E-state index contributed by atoms with van der Waals surface area (Å²) in [6.07, 6.45) is 1.67. The number of unbranched alkanes of at least 4 members (excludes halogenated alkanes) is 2. The second-order valence-corrected chi connectivity index (χ2v) is 6.89. The normalized spacial score (nSPS) is 33.5. The lowest BCUT2D eigenvalue weighted by molar-refractivity contribution is -0.102. The summed E-state index contributed by atoms with van der Waals surface area (Å²) in [7, 11) is -4.62. The number of ether oxygens (including phenoxy) is 1. The highest BCUT2D eigenvalue weighted by Gasteiger charge is 2.53. The van der Waals surface area contributed by atoms with Crippen molar-refractivity contribution in [3.8, 4) is 0 Å². The Hall–Kier alpha value is -0.0100. The van der Waals surface area contributed by atoms with Crippen LogP contribution in [0.1, 0.15) is 52.4 Å². The molecule has 0 saturated carbocycles. The second kappa shape index (κ2) is 8.02. The first-order valence-electron chi connectivity index (χ1n) is 7.49. The van der Waals surface area contributed by atoms with E-state index in [-0.39, 0.29) is 0 Å². The molecule has 0 aromatic heterocycles. The van der Waals surface area contributed by atoms with E-state index in [1.165, 1.54) is 0 Å². The maximum Gasteiger partial charge on any atom is 0.469 e. The van der Waals surface area contributed by atoms with E-state index in [9.17, 15) is 14.8 Å². The van der Waals surface area contributed by atoms with E-state index in [2.05, 4.69) is 11.4 Å². The van der Waals surface area contributed by atoms with E-state index >= 15 is 0 Å². The summed E-state index contributed by atoms with van der Waals surface area (Å²) >= 11 is 0. The van der Waals surface area contributed by atoms with Gasteiger partial charge in [0, 0.05) is 0 Å². The zero-order chi connectivity index (χ0) is 16.1. The number of rotatable bonds is 9. The predicted octanol–water partition coefficient (Wildman–Crippen LogP) is 1.34. The highest BCUT2D eigenvalue weighted by atomic mass is 31.2. The molecule has 1 saturated heterocycles. The quantitative estimate of drug-likeness (QED) is 0.373. The minimum atomic E-state index is -4.62. The summed E-state index contributed by atoms with van der Waals surface area (Å²) in [4.78, 5) is 17.5. The van der Waals surface area contributed by atoms with Crippen molar-refractivity contribution >= 4 is 7.82 Å². The molecular weight excluding hydrogens is 299 g/mol. The largest absolute Gasteiger partial charge is 0.469 e. The smallest absolute Gasteiger partial charge is 0.387 e. The van der Waals surface area contributed by atoms with Crippen LogP contribution in [-0.4, -0.2) is 50.5 Å². The zero-order valence-electron chi connectivity index (χ0n) is 12.6. The minimum Gasteiger partial charge on any atom is -0.387 e. The maximum atomic E-state index is 10.7. The first-order valence-corrected chi connectivity index (χ1v) is 9.03. The van der Waals surface area contributed by atoms with Crippen LogP contribution in [0.25, 0.3) is 0 Å². The van der Waals surface area contributed by atoms with E-state index in [1.807, 2.05) is 6.92 Å². The third kappa shape index (κ3) is 5.28. The van der Waals surface area contributed by atoms with Crippen LogP contribution in [0.15, 0.2) is 0 Å². The van der Waals surface area contributed by atoms with Crippen LogP contribution in [0.5, 0.6) is 0 Å². The van der Waals surface area contributed by atoms with Gasteiger partial charge in [0.05, 0.1) is 12.2 Å². The molecule has 0 bridgehead atoms. The highest BCUT2D eigenvalue weighted by molar-refractivity contribution is 7.46. The molecule has 0 amide bonds. The van der Waals surface area contributed by atoms with Crippen LogP contribution in [-0.2, 0) is 13.8 Å². The molecule has 4 atom stereocenters. The Bertz CT molecular complexity index is 358. The number of aliphatic hydroxyl groups excluding tert-OH is 2. The Kier molecular flexibility index (Phi) is 7.27. The molecule has 126 valence electrons. The van der Waals surface area contributed by atoms with Crippen molar-refractivity contribution in [2.75, 3.05) is 6.61 Å². The van der Waals surface area contributed by atoms with Crippen molar-refractivity contribution in [1.29, 1.82) is 0 Å². The van der Waals surface area contributed by atoms with Gasteiger partial charge >= 0.3 is 7.82 Å². The fraction of sp³-hybridized carbons (Fsp3) is 1.00. The lowest BCUT2D eigenvalue weighted by Gasteiger charge is -2.32. The Labute approximate surface area is 125 Å². The lowest BCUT2D eigenvalue weighted by Crippen LogP contribution is -2.43. The van der Waals surface area contributed by atoms with Gasteiger partial charge in [-0.1, -0.05) is 39.5 Å². The molecule has 0 aliphatic carbocycles. The molecule has 0 radical (unpaired) electrons. The standard InChI is InChI=1S/C13H27O7P/c1-3-5-6-8-13(7-4-2)12(15)11(14)10(20-13)9-19-21(16,17)18/h10-12,14-15H,3-9H2,1-2H3,(H2,16,17,18)/t10?,11-,12-,13?/m1/s1. The average Bonchev–Trinajstić information content (AvgIpc) is 2.62. The van der Waals surface area contributed by atoms with Crippen LogP contribution >= 0.6 is 7.82 Å². The van der Waals surface area contributed by atoms with Gasteiger partial charge in [0.15, 0.2) is 0 Å². The molecule has 1 fully saturated rings. The number of hydrogen-bond acceptors (Lipinski definition) is 5. The van der Waals surface area contributed by atoms with Gasteiger partial charge in [-0.2, -0.15) is 0 Å². The Balaban J connectivity index is 2.73. The molecule has 1 rings (SSSR count). The number of phosphoric ester groups is 1. The third-order valence-electron chi connectivity index (χ3n) is 3.91. The summed E-state index contributed by atoms with van der Waals surface area (Å²) in [5.74, 6) is 0. The topological polar surface area (TPSA) is 116 Å². The van der Waals surface area contributed by atoms with Crippen LogP contribution in [0, 0.1) is 0 Å². The number of hydrogen-bond donors (Lipinski definition) is 4. The molecule has 0 spiro atoms. The van der Waals surface area contributed by atoms with E-state index in [0.29, 0.717) is 12.8 Å². The van der Waals surface area contributed by atoms with Gasteiger partial charge in [0.2, 0.25) is 0 Å². The predicted molar refractivity (Wildman–Crippen MR) is 76.7 cm³/mol. The molecule has 1 aliphatic heterocycles. The van der Waals surface area contributed by atoms with E-state index in [4.69, 9.17) is 14.5 Å². The fourth-order valence-electron chi connectivity index (χ4n) is 2.89. The first kappa shape index (κ1) is 19.0. The summed E-state index contributed by atoms with van der Waals surface area (Å²) in [5.41, 5.74) is -0.855. The van der Waals surface area contributed by atoms with Crippen LogP contribution in [0.4, 0.5) is 0 Å². The fourth-order valence-corrected chi connectivity index (χ4v) is 3.24. The average molecular weight is 326 g/mol. The van der Waals surface area contributed by atoms with Gasteiger partial charge in [0.25, 0.3) is 0 Å². The van der Waals surface area contributed by atoms with Gasteiger partial charge in [0.1, 0.15) is 18.3 Å². The summed E-state index contributed by atoms with van der Waals surface area (Å²) < 4.78 is 20.9. The summed E-state index contributed by atoms with van der Waals surface area (Å²) in [6, 6.07) is 0. The van der Waals surface area contributed by atoms with Gasteiger partial charge in [-0.25, -0.2) is 4.57 Å². The zero-order valence-corrected chi connectivity index (χ0v) is 13.5. The molecule has 8 heteroatoms. The summed E-state index contributed by atoms with van der Waals surface area (Å²) in [5, 5.41) is 20.4. The SMILES string of the molecule is CCCCCC1(CCC)OC(COP(=O)(O)O)[C@@H](O)[C@H]1O. The van der Waals surface area contributed by atoms with Crippen molar-refractivity contribution in [3.05, 3.63) is 0 Å². The van der Waals surface area contributed by atoms with E-state index in [1.54, 1.807) is 0 Å². The lowest BCUT2D eigenvalue weighted by atomic mass is 9.85. The Morgan fingerprint density at radius 1 is 1.14 bits per heavy atom. The highest BCUT2D eigenvalue weighted by Crippen LogP contribution is 2.42. The third-order valence-corrected chi connectivity index (χ3v) is 4.40. The summed E-state index contributed by atoms with van der Waals surface area (Å²) in [6.45, 7) is 3.59. The molecule has 7 nitrogen and oxygen atoms in total. The van der Waals surface area contributed by atoms with E-state index in [0.717, 1.165) is 25.7 Å². The maximum absolute atomic E-state index is 10.7. The van der Waals surface area contributed by atoms with Crippen LogP contribution in [0.3, 0.4) is 0 Å². The molecule has 4 N–H and O–H groups in total. The monoisotopic (exact) mass is 326 g/mol. The van der Waals surface area contributed by atoms with Gasteiger partial charge in [-0.3, -0.25) is 4.52 Å². The van der Waals surface area contributed by atoms with Crippen LogP contribution < -0.4 is 0 Å². The molecule has 2 unspecified atom stereocenters. The first-order chi connectivity index (χ1) is 9.75. The van der Waals surface area contributed by atoms with Crippen molar-refractivity contribution in [2.24, 2.45) is 0 Å². The van der Waals surface area contributed by atoms with Crippen molar-refractivity contribution in [1.82, 2.24) is 0 Å². The second-order valence-electron chi connectivity index (χ2n) is 5.65. The molecule has 0 aromatic carbocycles. The van der Waals surface area contributed by atoms with Gasteiger partial charge < -0.3 is 24.7 Å². The van der Waals surface area contributed by atoms with Crippen molar-refractivity contribution < 1.29 is 33.8 Å². The molecule has 1 heterocycles. The molecule has 1 aliphatic rings. The molecular formula is C13H27O7P. The van der Waals surface area contributed by atoms with Gasteiger partial charge in [-0.15, -0.1) is 0 Å². The van der Waals surface area contributed by atoms with Crippen molar-refractivity contribution in [2.45, 2.75) is 76.3 Å². The molecule has 21 heavy (non-hydrogen) atoms. The van der Waals surface area contributed by atoms with Gasteiger partial charge in [-0.05, 0) is 12.8 Å². The number of aliphatic hydroxyl groups is 2. The van der Waals surface area contributed by atoms with Crippen LogP contribution in [0.2, 0.25) is 0 Å². The minimum absolute atomic E-state index is 0.443. The Morgan fingerprint density at radius 2 is 1.81 bits per heavy atom.